The van der Waals surface area contributed by atoms with E-state index in [-0.39, 0.29) is 6.42 Å². The Morgan fingerprint density at radius 2 is 1.71 bits per heavy atom. The highest BCUT2D eigenvalue weighted by Gasteiger charge is 2.20. The zero-order chi connectivity index (χ0) is 20.7. The highest BCUT2D eigenvalue weighted by Crippen LogP contribution is 2.27. The smallest absolute Gasteiger partial charge is 0.311 e. The first kappa shape index (κ1) is 21.4. The number of anilines is 1. The van der Waals surface area contributed by atoms with Crippen molar-refractivity contribution in [2.24, 2.45) is 0 Å². The van der Waals surface area contributed by atoms with E-state index in [1.807, 2.05) is 0 Å². The van der Waals surface area contributed by atoms with Crippen LogP contribution in [-0.4, -0.2) is 39.3 Å². The van der Waals surface area contributed by atoms with Gasteiger partial charge in [-0.15, -0.1) is 0 Å². The van der Waals surface area contributed by atoms with Crippen LogP contribution in [0.2, 0.25) is 5.02 Å². The number of methoxy groups -OCH3 is 3. The molecule has 1 amide bonds. The maximum atomic E-state index is 12.3. The normalized spacial score (nSPS) is 11.3. The van der Waals surface area contributed by atoms with Gasteiger partial charge < -0.3 is 24.3 Å². The minimum atomic E-state index is -0.988. The number of carbonyl (C=O) groups excluding carboxylic acids is 2. The van der Waals surface area contributed by atoms with Crippen molar-refractivity contribution in [3.63, 3.8) is 0 Å². The van der Waals surface area contributed by atoms with Crippen molar-refractivity contribution < 1.29 is 28.5 Å². The van der Waals surface area contributed by atoms with Gasteiger partial charge in [-0.25, -0.2) is 0 Å². The lowest BCUT2D eigenvalue weighted by Gasteiger charge is -2.15. The Hall–Kier alpha value is -2.93. The Labute approximate surface area is 168 Å². The van der Waals surface area contributed by atoms with E-state index in [9.17, 15) is 9.59 Å². The second-order valence-electron chi connectivity index (χ2n) is 5.83. The summed E-state index contributed by atoms with van der Waals surface area (Å²) in [5.74, 6) is 0.573. The van der Waals surface area contributed by atoms with E-state index in [0.29, 0.717) is 33.5 Å². The molecular weight excluding hydrogens is 386 g/mol. The van der Waals surface area contributed by atoms with Gasteiger partial charge in [0, 0.05) is 17.3 Å². The van der Waals surface area contributed by atoms with Crippen LogP contribution in [-0.2, 0) is 20.7 Å². The second kappa shape index (κ2) is 9.85. The summed E-state index contributed by atoms with van der Waals surface area (Å²) in [7, 11) is 4.54. The Balaban J connectivity index is 1.96. The van der Waals surface area contributed by atoms with Gasteiger partial charge in [0.2, 0.25) is 0 Å². The Morgan fingerprint density at radius 1 is 1.00 bits per heavy atom. The number of hydrogen-bond donors (Lipinski definition) is 1. The number of halogens is 1. The molecule has 7 nitrogen and oxygen atoms in total. The highest BCUT2D eigenvalue weighted by atomic mass is 35.5. The number of esters is 1. The van der Waals surface area contributed by atoms with Gasteiger partial charge in [-0.2, -0.15) is 0 Å². The molecule has 0 aliphatic rings. The second-order valence-corrected chi connectivity index (χ2v) is 6.23. The molecule has 0 heterocycles. The molecule has 0 aliphatic heterocycles. The van der Waals surface area contributed by atoms with E-state index < -0.39 is 18.0 Å². The Bertz CT molecular complexity index is 855. The first-order valence-electron chi connectivity index (χ1n) is 8.42. The summed E-state index contributed by atoms with van der Waals surface area (Å²) in [6, 6.07) is 9.92. The lowest BCUT2D eigenvalue weighted by atomic mass is 10.1. The third-order valence-electron chi connectivity index (χ3n) is 3.93. The zero-order valence-electron chi connectivity index (χ0n) is 16.1. The van der Waals surface area contributed by atoms with Crippen LogP contribution in [0.25, 0.3) is 0 Å². The van der Waals surface area contributed by atoms with Crippen molar-refractivity contribution in [1.29, 1.82) is 0 Å². The van der Waals surface area contributed by atoms with Gasteiger partial charge in [-0.3, -0.25) is 9.59 Å². The molecule has 2 rings (SSSR count). The van der Waals surface area contributed by atoms with Gasteiger partial charge in [-0.05, 0) is 31.2 Å². The molecule has 28 heavy (non-hydrogen) atoms. The van der Waals surface area contributed by atoms with E-state index in [1.165, 1.54) is 21.1 Å². The number of hydrogen-bond acceptors (Lipinski definition) is 6. The monoisotopic (exact) mass is 407 g/mol. The quantitative estimate of drug-likeness (QED) is 0.674. The van der Waals surface area contributed by atoms with Gasteiger partial charge in [0.1, 0.15) is 17.2 Å². The fourth-order valence-corrected chi connectivity index (χ4v) is 2.69. The molecule has 0 saturated heterocycles. The maximum absolute atomic E-state index is 12.3. The SMILES string of the molecule is COc1ccc(CC(=O)O[C@H](C)C(=O)Nc2ccc(OC)c(Cl)c2)c(OC)c1. The van der Waals surface area contributed by atoms with Crippen LogP contribution < -0.4 is 19.5 Å². The first-order valence-corrected chi connectivity index (χ1v) is 8.80. The van der Waals surface area contributed by atoms with Crippen LogP contribution >= 0.6 is 11.6 Å². The minimum Gasteiger partial charge on any atom is -0.497 e. The van der Waals surface area contributed by atoms with Crippen LogP contribution in [0.1, 0.15) is 12.5 Å². The lowest BCUT2D eigenvalue weighted by molar-refractivity contribution is -0.152. The van der Waals surface area contributed by atoms with Gasteiger partial charge in [0.15, 0.2) is 6.10 Å². The predicted molar refractivity (Wildman–Crippen MR) is 105 cm³/mol. The molecule has 0 saturated carbocycles. The standard InChI is InChI=1S/C20H22ClNO6/c1-12(20(24)22-14-6-8-17(26-3)16(21)10-14)28-19(23)9-13-5-7-15(25-2)11-18(13)27-4/h5-8,10-12H,9H2,1-4H3,(H,22,24)/t12-/m1/s1. The van der Waals surface area contributed by atoms with E-state index >= 15 is 0 Å². The van der Waals surface area contributed by atoms with Crippen molar-refractivity contribution >= 4 is 29.2 Å². The molecule has 8 heteroatoms. The summed E-state index contributed by atoms with van der Waals surface area (Å²) >= 11 is 6.03. The molecule has 0 spiro atoms. The first-order chi connectivity index (χ1) is 13.4. The summed E-state index contributed by atoms with van der Waals surface area (Å²) < 4.78 is 20.7. The minimum absolute atomic E-state index is 0.0425. The molecule has 150 valence electrons. The molecular formula is C20H22ClNO6. The molecule has 0 aromatic heterocycles. The van der Waals surface area contributed by atoms with E-state index in [2.05, 4.69) is 5.32 Å². The number of ether oxygens (including phenoxy) is 4. The molecule has 0 unspecified atom stereocenters. The van der Waals surface area contributed by atoms with Gasteiger partial charge >= 0.3 is 5.97 Å². The van der Waals surface area contributed by atoms with Crippen molar-refractivity contribution in [3.8, 4) is 17.2 Å². The Morgan fingerprint density at radius 3 is 2.32 bits per heavy atom. The average molecular weight is 408 g/mol. The zero-order valence-corrected chi connectivity index (χ0v) is 16.8. The lowest BCUT2D eigenvalue weighted by Crippen LogP contribution is -2.30. The predicted octanol–water partition coefficient (Wildman–Crippen LogP) is 3.48. The van der Waals surface area contributed by atoms with Crippen molar-refractivity contribution in [2.45, 2.75) is 19.4 Å². The summed E-state index contributed by atoms with van der Waals surface area (Å²) in [5.41, 5.74) is 1.10. The number of nitrogens with one attached hydrogen (secondary N) is 1. The molecule has 2 aromatic rings. The molecule has 0 bridgehead atoms. The van der Waals surface area contributed by atoms with E-state index in [1.54, 1.807) is 43.5 Å². The molecule has 1 N–H and O–H groups in total. The van der Waals surface area contributed by atoms with Crippen LogP contribution in [0.4, 0.5) is 5.69 Å². The molecule has 0 fully saturated rings. The third-order valence-corrected chi connectivity index (χ3v) is 4.22. The van der Waals surface area contributed by atoms with Crippen LogP contribution in [0.3, 0.4) is 0 Å². The number of rotatable bonds is 8. The average Bonchev–Trinajstić information content (AvgIpc) is 2.68. The van der Waals surface area contributed by atoms with Crippen molar-refractivity contribution in [2.75, 3.05) is 26.6 Å². The van der Waals surface area contributed by atoms with Crippen LogP contribution in [0.15, 0.2) is 36.4 Å². The van der Waals surface area contributed by atoms with Gasteiger partial charge in [-0.1, -0.05) is 17.7 Å². The number of benzene rings is 2. The van der Waals surface area contributed by atoms with Gasteiger partial charge in [0.05, 0.1) is 32.8 Å². The largest absolute Gasteiger partial charge is 0.497 e. The summed E-state index contributed by atoms with van der Waals surface area (Å²) in [6.45, 7) is 1.49. The van der Waals surface area contributed by atoms with E-state index in [4.69, 9.17) is 30.5 Å². The number of amides is 1. The van der Waals surface area contributed by atoms with Crippen LogP contribution in [0, 0.1) is 0 Å². The van der Waals surface area contributed by atoms with Crippen molar-refractivity contribution in [1.82, 2.24) is 0 Å². The van der Waals surface area contributed by atoms with Gasteiger partial charge in [0.25, 0.3) is 5.91 Å². The van der Waals surface area contributed by atoms with Crippen molar-refractivity contribution in [3.05, 3.63) is 47.0 Å². The molecule has 0 radical (unpaired) electrons. The fourth-order valence-electron chi connectivity index (χ4n) is 2.43. The molecule has 0 aliphatic carbocycles. The topological polar surface area (TPSA) is 83.1 Å². The summed E-state index contributed by atoms with van der Waals surface area (Å²) in [6.07, 6.45) is -1.03. The van der Waals surface area contributed by atoms with Crippen LogP contribution in [0.5, 0.6) is 17.2 Å². The summed E-state index contributed by atoms with van der Waals surface area (Å²) in [5, 5.41) is 3.00. The maximum Gasteiger partial charge on any atom is 0.311 e. The third kappa shape index (κ3) is 5.53. The molecule has 1 atom stereocenters. The summed E-state index contributed by atoms with van der Waals surface area (Å²) in [4.78, 5) is 24.5. The number of carbonyl (C=O) groups is 2. The molecule has 2 aromatic carbocycles. The highest BCUT2D eigenvalue weighted by molar-refractivity contribution is 6.32. The fraction of sp³-hybridized carbons (Fsp3) is 0.300. The Kier molecular flexibility index (Phi) is 7.52. The van der Waals surface area contributed by atoms with E-state index in [0.717, 1.165) is 0 Å².